The van der Waals surface area contributed by atoms with Crippen LogP contribution in [0.25, 0.3) is 27.7 Å². The first-order valence-corrected chi connectivity index (χ1v) is 10.2. The predicted octanol–water partition coefficient (Wildman–Crippen LogP) is 5.27. The Morgan fingerprint density at radius 2 is 1.97 bits per heavy atom. The molecule has 5 rings (SSSR count). The number of methoxy groups -OCH3 is 1. The molecule has 2 aromatic heterocycles. The van der Waals surface area contributed by atoms with Crippen LogP contribution in [0, 0.1) is 12.7 Å². The second-order valence-electron chi connectivity index (χ2n) is 8.42. The number of nitrogens with zero attached hydrogens (tertiary/aromatic N) is 4. The van der Waals surface area contributed by atoms with Crippen molar-refractivity contribution in [2.75, 3.05) is 12.4 Å². The first-order valence-electron chi connectivity index (χ1n) is 10.2. The van der Waals surface area contributed by atoms with Gasteiger partial charge < -0.3 is 14.6 Å². The zero-order valence-corrected chi connectivity index (χ0v) is 18.1. The summed E-state index contributed by atoms with van der Waals surface area (Å²) < 4.78 is 50.7. The predicted molar refractivity (Wildman–Crippen MR) is 116 cm³/mol. The maximum absolute atomic E-state index is 15.6. The summed E-state index contributed by atoms with van der Waals surface area (Å²) in [5, 5.41) is 12.5. The highest BCUT2D eigenvalue weighted by Crippen LogP contribution is 2.48. The Labute approximate surface area is 182 Å². The summed E-state index contributed by atoms with van der Waals surface area (Å²) in [7, 11) is 1.49. The summed E-state index contributed by atoms with van der Waals surface area (Å²) in [4.78, 5) is 0. The van der Waals surface area contributed by atoms with Crippen LogP contribution in [0.2, 0.25) is 0 Å². The lowest BCUT2D eigenvalue weighted by atomic mass is 9.95. The molecule has 0 unspecified atom stereocenters. The van der Waals surface area contributed by atoms with E-state index in [1.807, 2.05) is 25.3 Å². The summed E-state index contributed by atoms with van der Waals surface area (Å²) in [6.45, 7) is 5.29. The number of hydrogen-bond donors (Lipinski definition) is 1. The van der Waals surface area contributed by atoms with E-state index in [2.05, 4.69) is 15.5 Å². The minimum atomic E-state index is -2.49. The van der Waals surface area contributed by atoms with E-state index in [9.17, 15) is 8.78 Å². The molecule has 2 aromatic carbocycles. The fourth-order valence-electron chi connectivity index (χ4n) is 4.56. The molecule has 1 aliphatic heterocycles. The van der Waals surface area contributed by atoms with Crippen molar-refractivity contribution in [2.24, 2.45) is 0 Å². The number of nitrogens with one attached hydrogen (secondary N) is 1. The average Bonchev–Trinajstić information content (AvgIpc) is 3.31. The first-order chi connectivity index (χ1) is 15.2. The molecule has 1 N–H and O–H groups in total. The van der Waals surface area contributed by atoms with E-state index >= 15 is 4.39 Å². The summed E-state index contributed by atoms with van der Waals surface area (Å²) in [6, 6.07) is 8.40. The van der Waals surface area contributed by atoms with E-state index in [-0.39, 0.29) is 5.56 Å². The van der Waals surface area contributed by atoms with Gasteiger partial charge >= 0.3 is 0 Å². The lowest BCUT2D eigenvalue weighted by Gasteiger charge is -2.35. The molecule has 3 heterocycles. The van der Waals surface area contributed by atoms with E-state index in [1.165, 1.54) is 17.7 Å². The molecule has 32 heavy (non-hydrogen) atoms. The minimum absolute atomic E-state index is 0.257. The van der Waals surface area contributed by atoms with Gasteiger partial charge in [0, 0.05) is 23.2 Å². The van der Waals surface area contributed by atoms with E-state index in [4.69, 9.17) is 4.74 Å². The zero-order chi connectivity index (χ0) is 22.8. The van der Waals surface area contributed by atoms with Gasteiger partial charge in [-0.1, -0.05) is 12.1 Å². The van der Waals surface area contributed by atoms with Crippen molar-refractivity contribution in [1.29, 1.82) is 0 Å². The van der Waals surface area contributed by atoms with Crippen molar-refractivity contribution in [3.05, 3.63) is 54.0 Å². The fourth-order valence-corrected chi connectivity index (χ4v) is 4.56. The third kappa shape index (κ3) is 2.87. The number of anilines is 1. The van der Waals surface area contributed by atoms with Crippen LogP contribution in [0.5, 0.6) is 5.75 Å². The second kappa shape index (κ2) is 7.01. The van der Waals surface area contributed by atoms with Crippen LogP contribution < -0.4 is 10.1 Å². The molecule has 0 fully saturated rings. The average molecular weight is 441 g/mol. The van der Waals surface area contributed by atoms with Crippen molar-refractivity contribution >= 4 is 16.6 Å². The van der Waals surface area contributed by atoms with Crippen molar-refractivity contribution in [3.63, 3.8) is 0 Å². The number of rotatable bonds is 4. The summed E-state index contributed by atoms with van der Waals surface area (Å²) >= 11 is 0. The number of halogens is 3. The topological polar surface area (TPSA) is 56.9 Å². The number of hydrogen-bond acceptors (Lipinski definition) is 4. The van der Waals surface area contributed by atoms with Gasteiger partial charge in [0.1, 0.15) is 17.3 Å². The Morgan fingerprint density at radius 1 is 1.19 bits per heavy atom. The highest BCUT2D eigenvalue weighted by Gasteiger charge is 2.37. The molecule has 0 bridgehead atoms. The molecule has 6 nitrogen and oxygen atoms in total. The molecule has 0 aliphatic carbocycles. The molecule has 0 saturated carbocycles. The number of aromatic nitrogens is 4. The summed E-state index contributed by atoms with van der Waals surface area (Å²) in [6.07, 6.45) is -0.899. The van der Waals surface area contributed by atoms with Crippen LogP contribution in [0.4, 0.5) is 18.9 Å². The highest BCUT2D eigenvalue weighted by molar-refractivity contribution is 5.99. The number of fused-ring (bicyclic) bond motifs is 4. The van der Waals surface area contributed by atoms with Crippen molar-refractivity contribution in [2.45, 2.75) is 39.3 Å². The first kappa shape index (κ1) is 20.4. The van der Waals surface area contributed by atoms with Crippen LogP contribution in [0.15, 0.2) is 36.5 Å². The van der Waals surface area contributed by atoms with Crippen LogP contribution >= 0.6 is 0 Å². The van der Waals surface area contributed by atoms with E-state index < -0.39 is 24.3 Å². The van der Waals surface area contributed by atoms with Gasteiger partial charge in [-0.05, 0) is 38.5 Å². The van der Waals surface area contributed by atoms with Crippen molar-refractivity contribution in [1.82, 2.24) is 19.3 Å². The Balaban J connectivity index is 1.81. The standard InChI is InChI=1S/C23H22F3N5O/c1-12-28-29-22-23(2,3)27-16-10-15(24)19(21(32-4)20(16)31(12)22)14-6-5-7-17-13(14)8-9-30(17)11-18(25)26/h5-10,18,27H,11H2,1-4H3. The third-order valence-corrected chi connectivity index (χ3v) is 5.88. The maximum Gasteiger partial charge on any atom is 0.256 e. The van der Waals surface area contributed by atoms with Gasteiger partial charge in [-0.2, -0.15) is 0 Å². The number of benzene rings is 2. The van der Waals surface area contributed by atoms with E-state index in [1.54, 1.807) is 30.5 Å². The van der Waals surface area contributed by atoms with Gasteiger partial charge in [-0.25, -0.2) is 13.2 Å². The molecule has 0 radical (unpaired) electrons. The number of aryl methyl sites for hydroxylation is 1. The van der Waals surface area contributed by atoms with E-state index in [0.29, 0.717) is 45.2 Å². The van der Waals surface area contributed by atoms with E-state index in [0.717, 1.165) is 0 Å². The molecular formula is C23H22F3N5O. The fraction of sp³-hybridized carbons (Fsp3) is 0.304. The van der Waals surface area contributed by atoms with Crippen LogP contribution in [-0.2, 0) is 12.1 Å². The van der Waals surface area contributed by atoms with Crippen LogP contribution in [-0.4, -0.2) is 32.9 Å². The Bertz CT molecular complexity index is 1360. The smallest absolute Gasteiger partial charge is 0.256 e. The van der Waals surface area contributed by atoms with Gasteiger partial charge in [0.05, 0.1) is 30.4 Å². The summed E-state index contributed by atoms with van der Waals surface area (Å²) in [5.41, 5.74) is 2.02. The Kier molecular flexibility index (Phi) is 4.47. The lowest BCUT2D eigenvalue weighted by molar-refractivity contribution is 0.128. The molecule has 166 valence electrons. The second-order valence-corrected chi connectivity index (χ2v) is 8.42. The lowest BCUT2D eigenvalue weighted by Crippen LogP contribution is -2.36. The monoisotopic (exact) mass is 441 g/mol. The van der Waals surface area contributed by atoms with Gasteiger partial charge in [-0.15, -0.1) is 10.2 Å². The molecule has 0 atom stereocenters. The minimum Gasteiger partial charge on any atom is -0.494 e. The normalized spacial score (nSPS) is 14.4. The molecule has 1 aliphatic rings. The quantitative estimate of drug-likeness (QED) is 0.469. The number of alkyl halides is 2. The molecule has 0 spiro atoms. The Hall–Kier alpha value is -3.49. The highest BCUT2D eigenvalue weighted by atomic mass is 19.3. The largest absolute Gasteiger partial charge is 0.494 e. The molecule has 0 amide bonds. The molecule has 4 aromatic rings. The third-order valence-electron chi connectivity index (χ3n) is 5.88. The van der Waals surface area contributed by atoms with Gasteiger partial charge in [0.15, 0.2) is 11.6 Å². The zero-order valence-electron chi connectivity index (χ0n) is 18.1. The molecule has 0 saturated heterocycles. The van der Waals surface area contributed by atoms with Crippen LogP contribution in [0.3, 0.4) is 0 Å². The molecular weight excluding hydrogens is 419 g/mol. The molecule has 9 heteroatoms. The van der Waals surface area contributed by atoms with Gasteiger partial charge in [0.2, 0.25) is 0 Å². The van der Waals surface area contributed by atoms with Gasteiger partial charge in [-0.3, -0.25) is 4.57 Å². The number of ether oxygens (including phenoxy) is 1. The van der Waals surface area contributed by atoms with Gasteiger partial charge in [0.25, 0.3) is 6.43 Å². The van der Waals surface area contributed by atoms with Crippen LogP contribution in [0.1, 0.15) is 25.5 Å². The maximum atomic E-state index is 15.6. The Morgan fingerprint density at radius 3 is 2.69 bits per heavy atom. The van der Waals surface area contributed by atoms with Crippen molar-refractivity contribution < 1.29 is 17.9 Å². The summed E-state index contributed by atoms with van der Waals surface area (Å²) in [5.74, 6) is 1.17. The van der Waals surface area contributed by atoms with Crippen molar-refractivity contribution in [3.8, 4) is 22.6 Å². The SMILES string of the molecule is COc1c(-c2cccc3c2ccn3CC(F)F)c(F)cc2c1-n1c(C)nnc1C(C)(C)N2.